The fourth-order valence-corrected chi connectivity index (χ4v) is 2.69. The molecular formula is C20H41N2O3+. The largest absolute Gasteiger partial charge is 0.394 e. The smallest absolute Gasteiger partial charge is 0.219 e. The lowest BCUT2D eigenvalue weighted by atomic mass is 10.1. The van der Waals surface area contributed by atoms with Crippen molar-refractivity contribution >= 4 is 5.91 Å². The molecule has 5 nitrogen and oxygen atoms in total. The molecule has 0 bridgehead atoms. The fraction of sp³-hybridized carbons (Fsp3) is 0.850. The van der Waals surface area contributed by atoms with Crippen LogP contribution in [0.15, 0.2) is 12.7 Å². The number of likely N-dealkylation sites (N-methyl/N-ethyl adjacent to an activating group) is 1. The molecule has 5 heteroatoms. The van der Waals surface area contributed by atoms with Crippen LogP contribution < -0.4 is 5.32 Å². The van der Waals surface area contributed by atoms with Crippen LogP contribution in [0.2, 0.25) is 0 Å². The molecule has 0 spiro atoms. The summed E-state index contributed by atoms with van der Waals surface area (Å²) in [5, 5.41) is 11.7. The number of allylic oxidation sites excluding steroid dienone is 1. The minimum absolute atomic E-state index is 0.0781. The van der Waals surface area contributed by atoms with Crippen LogP contribution in [0.5, 0.6) is 0 Å². The first-order valence-electron chi connectivity index (χ1n) is 9.90. The molecule has 0 aromatic rings. The van der Waals surface area contributed by atoms with Gasteiger partial charge in [0.15, 0.2) is 0 Å². The van der Waals surface area contributed by atoms with Crippen LogP contribution in [0.1, 0.15) is 57.8 Å². The van der Waals surface area contributed by atoms with E-state index in [0.717, 1.165) is 49.8 Å². The standard InChI is InChI=1S/C20H40N2O3/c1-4-5-6-7-8-9-10-11-13-20(24)21-14-12-15-22(2,3)16-18-25-19-17-23/h4,23H,1,5-19H2,2-3H3/p+1. The number of ether oxygens (including phenoxy) is 1. The number of nitrogens with one attached hydrogen (secondary N) is 1. The first kappa shape index (κ1) is 24.1. The number of aliphatic hydroxyl groups excluding tert-OH is 1. The van der Waals surface area contributed by atoms with Crippen LogP contribution in [-0.2, 0) is 9.53 Å². The molecule has 0 saturated heterocycles. The van der Waals surface area contributed by atoms with E-state index in [4.69, 9.17) is 9.84 Å². The Hall–Kier alpha value is -0.910. The highest BCUT2D eigenvalue weighted by atomic mass is 16.5. The van der Waals surface area contributed by atoms with E-state index in [1.165, 1.54) is 25.7 Å². The first-order valence-corrected chi connectivity index (χ1v) is 9.90. The SMILES string of the molecule is C=CCCCCCCCCC(=O)NCCC[N+](C)(C)CCOCCO. The van der Waals surface area contributed by atoms with Gasteiger partial charge in [-0.05, 0) is 19.3 Å². The Morgan fingerprint density at radius 1 is 1.04 bits per heavy atom. The maximum atomic E-state index is 11.8. The normalized spacial score (nSPS) is 11.5. The second kappa shape index (κ2) is 16.6. The Labute approximate surface area is 155 Å². The Kier molecular flexibility index (Phi) is 16.0. The van der Waals surface area contributed by atoms with E-state index in [9.17, 15) is 4.79 Å². The van der Waals surface area contributed by atoms with Gasteiger partial charge in [-0.2, -0.15) is 0 Å². The summed E-state index contributed by atoms with van der Waals surface area (Å²) in [5.41, 5.74) is 0. The molecule has 0 aliphatic heterocycles. The lowest BCUT2D eigenvalue weighted by Crippen LogP contribution is -2.44. The summed E-state index contributed by atoms with van der Waals surface area (Å²) in [4.78, 5) is 11.8. The molecule has 0 aromatic heterocycles. The highest BCUT2D eigenvalue weighted by Crippen LogP contribution is 2.08. The number of carbonyl (C=O) groups excluding carboxylic acids is 1. The van der Waals surface area contributed by atoms with E-state index >= 15 is 0 Å². The van der Waals surface area contributed by atoms with Crippen molar-refractivity contribution < 1.29 is 19.1 Å². The predicted molar refractivity (Wildman–Crippen MR) is 105 cm³/mol. The maximum absolute atomic E-state index is 11.8. The van der Waals surface area contributed by atoms with Gasteiger partial charge in [0.25, 0.3) is 0 Å². The molecule has 25 heavy (non-hydrogen) atoms. The zero-order chi connectivity index (χ0) is 18.8. The third-order valence-electron chi connectivity index (χ3n) is 4.40. The van der Waals surface area contributed by atoms with E-state index in [-0.39, 0.29) is 12.5 Å². The molecule has 148 valence electrons. The Bertz CT molecular complexity index is 333. The number of hydrogen-bond acceptors (Lipinski definition) is 3. The van der Waals surface area contributed by atoms with Crippen molar-refractivity contribution in [1.82, 2.24) is 5.32 Å². The van der Waals surface area contributed by atoms with Crippen LogP contribution in [0.3, 0.4) is 0 Å². The summed E-state index contributed by atoms with van der Waals surface area (Å²) in [6, 6.07) is 0. The number of rotatable bonds is 18. The second-order valence-electron chi connectivity index (χ2n) is 7.37. The van der Waals surface area contributed by atoms with Crippen molar-refractivity contribution in [3.63, 3.8) is 0 Å². The minimum atomic E-state index is 0.0781. The number of hydrogen-bond donors (Lipinski definition) is 2. The molecule has 0 aliphatic rings. The number of unbranched alkanes of at least 4 members (excludes halogenated alkanes) is 6. The van der Waals surface area contributed by atoms with Crippen LogP contribution >= 0.6 is 0 Å². The average molecular weight is 358 g/mol. The number of quaternary nitrogens is 1. The summed E-state index contributed by atoms with van der Waals surface area (Å²) >= 11 is 0. The number of carbonyl (C=O) groups is 1. The van der Waals surface area contributed by atoms with Crippen molar-refractivity contribution in [3.8, 4) is 0 Å². The van der Waals surface area contributed by atoms with Crippen LogP contribution in [-0.4, -0.2) is 69.0 Å². The summed E-state index contributed by atoms with van der Waals surface area (Å²) < 4.78 is 6.18. The Morgan fingerprint density at radius 2 is 1.72 bits per heavy atom. The van der Waals surface area contributed by atoms with E-state index in [1.807, 2.05) is 6.08 Å². The lowest BCUT2D eigenvalue weighted by molar-refractivity contribution is -0.890. The number of nitrogens with zero attached hydrogens (tertiary/aromatic N) is 1. The molecule has 1 amide bonds. The third kappa shape index (κ3) is 17.7. The van der Waals surface area contributed by atoms with Crippen molar-refractivity contribution in [3.05, 3.63) is 12.7 Å². The molecule has 0 atom stereocenters. The molecule has 0 fully saturated rings. The number of aliphatic hydroxyl groups is 1. The van der Waals surface area contributed by atoms with Gasteiger partial charge in [-0.25, -0.2) is 0 Å². The number of amides is 1. The molecule has 0 radical (unpaired) electrons. The molecule has 0 aromatic carbocycles. The van der Waals surface area contributed by atoms with Gasteiger partial charge in [-0.3, -0.25) is 4.79 Å². The van der Waals surface area contributed by atoms with Crippen LogP contribution in [0.4, 0.5) is 0 Å². The van der Waals surface area contributed by atoms with Crippen LogP contribution in [0, 0.1) is 0 Å². The van der Waals surface area contributed by atoms with Gasteiger partial charge in [-0.15, -0.1) is 6.58 Å². The highest BCUT2D eigenvalue weighted by Gasteiger charge is 2.14. The lowest BCUT2D eigenvalue weighted by Gasteiger charge is -2.29. The molecular weight excluding hydrogens is 316 g/mol. The van der Waals surface area contributed by atoms with Crippen molar-refractivity contribution in [2.24, 2.45) is 0 Å². The van der Waals surface area contributed by atoms with Gasteiger partial charge < -0.3 is 19.6 Å². The van der Waals surface area contributed by atoms with Crippen molar-refractivity contribution in [1.29, 1.82) is 0 Å². The molecule has 0 saturated carbocycles. The molecule has 0 heterocycles. The van der Waals surface area contributed by atoms with Gasteiger partial charge in [0, 0.05) is 19.4 Å². The van der Waals surface area contributed by atoms with Crippen molar-refractivity contribution in [2.45, 2.75) is 57.8 Å². The average Bonchev–Trinajstić information content (AvgIpc) is 2.58. The molecule has 2 N–H and O–H groups in total. The summed E-state index contributed by atoms with van der Waals surface area (Å²) in [7, 11) is 4.33. The monoisotopic (exact) mass is 357 g/mol. The van der Waals surface area contributed by atoms with Crippen LogP contribution in [0.25, 0.3) is 0 Å². The molecule has 0 unspecified atom stereocenters. The Morgan fingerprint density at radius 3 is 2.40 bits per heavy atom. The topological polar surface area (TPSA) is 58.6 Å². The second-order valence-corrected chi connectivity index (χ2v) is 7.37. The van der Waals surface area contributed by atoms with E-state index in [1.54, 1.807) is 0 Å². The van der Waals surface area contributed by atoms with Gasteiger partial charge in [0.05, 0.1) is 40.5 Å². The van der Waals surface area contributed by atoms with Gasteiger partial charge in [0.2, 0.25) is 5.91 Å². The summed E-state index contributed by atoms with van der Waals surface area (Å²) in [6.45, 7) is 7.55. The zero-order valence-electron chi connectivity index (χ0n) is 16.6. The quantitative estimate of drug-likeness (QED) is 0.225. The minimum Gasteiger partial charge on any atom is -0.394 e. The van der Waals surface area contributed by atoms with Gasteiger partial charge in [-0.1, -0.05) is 31.8 Å². The summed E-state index contributed by atoms with van der Waals surface area (Å²) in [5.74, 6) is 0.184. The third-order valence-corrected chi connectivity index (χ3v) is 4.40. The van der Waals surface area contributed by atoms with Gasteiger partial charge >= 0.3 is 0 Å². The van der Waals surface area contributed by atoms with Crippen molar-refractivity contribution in [2.75, 3.05) is 53.6 Å². The van der Waals surface area contributed by atoms with E-state index < -0.39 is 0 Å². The fourth-order valence-electron chi connectivity index (χ4n) is 2.69. The van der Waals surface area contributed by atoms with Gasteiger partial charge in [0.1, 0.15) is 6.54 Å². The molecule has 0 rings (SSSR count). The van der Waals surface area contributed by atoms with E-state index in [2.05, 4.69) is 26.0 Å². The predicted octanol–water partition coefficient (Wildman–Crippen LogP) is 2.88. The highest BCUT2D eigenvalue weighted by molar-refractivity contribution is 5.75. The summed E-state index contributed by atoms with van der Waals surface area (Å²) in [6.07, 6.45) is 11.9. The van der Waals surface area contributed by atoms with E-state index in [0.29, 0.717) is 19.6 Å². The molecule has 0 aliphatic carbocycles. The Balaban J connectivity index is 3.46. The maximum Gasteiger partial charge on any atom is 0.219 e. The first-order chi connectivity index (χ1) is 12.0. The zero-order valence-corrected chi connectivity index (χ0v) is 16.6.